The van der Waals surface area contributed by atoms with E-state index in [2.05, 4.69) is 25.1 Å². The van der Waals surface area contributed by atoms with Crippen LogP contribution in [0.1, 0.15) is 80.9 Å². The number of hydrogen-bond donors (Lipinski definition) is 1. The fourth-order valence-corrected chi connectivity index (χ4v) is 7.51. The third-order valence-corrected chi connectivity index (χ3v) is 9.12. The molecule has 0 amide bonds. The van der Waals surface area contributed by atoms with Crippen molar-refractivity contribution in [3.05, 3.63) is 65.2 Å². The second-order valence-corrected chi connectivity index (χ2v) is 11.0. The Hall–Kier alpha value is -2.42. The smallest absolute Gasteiger partial charge is 0.139 e. The van der Waals surface area contributed by atoms with Crippen molar-refractivity contribution in [1.29, 1.82) is 0 Å². The molecule has 2 aromatic rings. The van der Waals surface area contributed by atoms with Gasteiger partial charge < -0.3 is 5.11 Å². The Bertz CT molecular complexity index is 1030. The largest absolute Gasteiger partial charge is 0.508 e. The first kappa shape index (κ1) is 22.4. The molecule has 0 aromatic heterocycles. The molecule has 0 radical (unpaired) electrons. The Morgan fingerprint density at radius 1 is 1.09 bits per heavy atom. The summed E-state index contributed by atoms with van der Waals surface area (Å²) in [5.74, 6) is 3.07. The molecular weight excluding hydrogens is 408 g/mol. The van der Waals surface area contributed by atoms with Gasteiger partial charge in [0, 0.05) is 24.7 Å². The number of phenolic OH excluding ortho intramolecular Hbond substituents is 1. The van der Waals surface area contributed by atoms with Gasteiger partial charge in [-0.05, 0) is 97.4 Å². The minimum absolute atomic E-state index is 0.183. The molecule has 2 fully saturated rings. The molecule has 174 valence electrons. The molecule has 0 heterocycles. The third kappa shape index (κ3) is 4.27. The molecule has 3 aliphatic rings. The van der Waals surface area contributed by atoms with Crippen LogP contribution in [0, 0.1) is 23.2 Å². The van der Waals surface area contributed by atoms with Crippen molar-refractivity contribution in [1.82, 2.24) is 0 Å². The SMILES string of the molecule is C[C@]12CC[C@@H]3c4ccc(O)cc4CC[C@H]3[C@@H]1[C@@H](CCCC(=O)CCc1ccccc1)CC2=O. The number of rotatable bonds is 7. The van der Waals surface area contributed by atoms with E-state index in [1.807, 2.05) is 30.3 Å². The molecule has 2 aromatic carbocycles. The number of hydrogen-bond acceptors (Lipinski definition) is 3. The maximum absolute atomic E-state index is 13.2. The van der Waals surface area contributed by atoms with Crippen LogP contribution >= 0.6 is 0 Å². The Kier molecular flexibility index (Phi) is 6.16. The van der Waals surface area contributed by atoms with Crippen molar-refractivity contribution in [2.45, 2.75) is 77.0 Å². The average molecular weight is 445 g/mol. The molecular formula is C30H36O3. The van der Waals surface area contributed by atoms with Gasteiger partial charge in [0.2, 0.25) is 0 Å². The number of carbonyl (C=O) groups is 2. The molecule has 5 rings (SSSR count). The lowest BCUT2D eigenvalue weighted by atomic mass is 9.54. The molecule has 1 N–H and O–H groups in total. The summed E-state index contributed by atoms with van der Waals surface area (Å²) in [7, 11) is 0. The van der Waals surface area contributed by atoms with Crippen LogP contribution in [-0.2, 0) is 22.4 Å². The lowest BCUT2D eigenvalue weighted by Gasteiger charge is -2.50. The van der Waals surface area contributed by atoms with Gasteiger partial charge in [-0.3, -0.25) is 9.59 Å². The van der Waals surface area contributed by atoms with E-state index >= 15 is 0 Å². The van der Waals surface area contributed by atoms with Crippen LogP contribution in [0.25, 0.3) is 0 Å². The predicted molar refractivity (Wildman–Crippen MR) is 130 cm³/mol. The van der Waals surface area contributed by atoms with Crippen LogP contribution in [0.4, 0.5) is 0 Å². The highest BCUT2D eigenvalue weighted by molar-refractivity contribution is 5.87. The zero-order chi connectivity index (χ0) is 23.0. The van der Waals surface area contributed by atoms with Gasteiger partial charge >= 0.3 is 0 Å². The minimum atomic E-state index is -0.183. The molecule has 3 heteroatoms. The molecule has 2 saturated carbocycles. The molecule has 0 unspecified atom stereocenters. The average Bonchev–Trinajstić information content (AvgIpc) is 3.08. The van der Waals surface area contributed by atoms with Gasteiger partial charge in [-0.1, -0.05) is 43.3 Å². The quantitative estimate of drug-likeness (QED) is 0.536. The van der Waals surface area contributed by atoms with E-state index in [-0.39, 0.29) is 5.41 Å². The van der Waals surface area contributed by atoms with Crippen molar-refractivity contribution >= 4 is 11.6 Å². The van der Waals surface area contributed by atoms with Gasteiger partial charge in [0.15, 0.2) is 0 Å². The summed E-state index contributed by atoms with van der Waals surface area (Å²) in [4.78, 5) is 25.7. The fraction of sp³-hybridized carbons (Fsp3) is 0.533. The van der Waals surface area contributed by atoms with E-state index in [0.717, 1.165) is 44.9 Å². The third-order valence-electron chi connectivity index (χ3n) is 9.12. The van der Waals surface area contributed by atoms with Crippen molar-refractivity contribution in [3.8, 4) is 5.75 Å². The van der Waals surface area contributed by atoms with E-state index < -0.39 is 0 Å². The van der Waals surface area contributed by atoms with Gasteiger partial charge in [0.1, 0.15) is 17.3 Å². The zero-order valence-electron chi connectivity index (χ0n) is 19.8. The maximum atomic E-state index is 13.2. The van der Waals surface area contributed by atoms with Gasteiger partial charge in [0.05, 0.1) is 0 Å². The molecule has 3 nitrogen and oxygen atoms in total. The predicted octanol–water partition coefficient (Wildman–Crippen LogP) is 6.42. The van der Waals surface area contributed by atoms with E-state index in [0.29, 0.717) is 60.3 Å². The van der Waals surface area contributed by atoms with E-state index in [1.54, 1.807) is 0 Å². The summed E-state index contributed by atoms with van der Waals surface area (Å²) in [5, 5.41) is 9.92. The first-order valence-corrected chi connectivity index (χ1v) is 12.9. The monoisotopic (exact) mass is 444 g/mol. The molecule has 33 heavy (non-hydrogen) atoms. The Morgan fingerprint density at radius 2 is 1.91 bits per heavy atom. The number of phenols is 1. The Balaban J connectivity index is 1.23. The van der Waals surface area contributed by atoms with Crippen molar-refractivity contribution < 1.29 is 14.7 Å². The minimum Gasteiger partial charge on any atom is -0.508 e. The molecule has 3 aliphatic carbocycles. The number of ketones is 2. The zero-order valence-corrected chi connectivity index (χ0v) is 19.8. The van der Waals surface area contributed by atoms with Crippen molar-refractivity contribution in [2.75, 3.05) is 0 Å². The number of aromatic hydroxyl groups is 1. The molecule has 0 bridgehead atoms. The maximum Gasteiger partial charge on any atom is 0.139 e. The van der Waals surface area contributed by atoms with Gasteiger partial charge in [0.25, 0.3) is 0 Å². The highest BCUT2D eigenvalue weighted by Crippen LogP contribution is 2.62. The van der Waals surface area contributed by atoms with Crippen LogP contribution in [0.5, 0.6) is 5.75 Å². The highest BCUT2D eigenvalue weighted by Gasteiger charge is 2.58. The highest BCUT2D eigenvalue weighted by atomic mass is 16.3. The van der Waals surface area contributed by atoms with E-state index in [9.17, 15) is 14.7 Å². The van der Waals surface area contributed by atoms with Crippen LogP contribution in [-0.4, -0.2) is 16.7 Å². The molecule has 0 saturated heterocycles. The number of aryl methyl sites for hydroxylation is 2. The van der Waals surface area contributed by atoms with Crippen molar-refractivity contribution in [3.63, 3.8) is 0 Å². The summed E-state index contributed by atoms with van der Waals surface area (Å²) < 4.78 is 0. The summed E-state index contributed by atoms with van der Waals surface area (Å²) >= 11 is 0. The van der Waals surface area contributed by atoms with Gasteiger partial charge in [-0.15, -0.1) is 0 Å². The summed E-state index contributed by atoms with van der Waals surface area (Å²) in [6.45, 7) is 2.23. The summed E-state index contributed by atoms with van der Waals surface area (Å²) in [6, 6.07) is 16.1. The van der Waals surface area contributed by atoms with Crippen LogP contribution < -0.4 is 0 Å². The second kappa shape index (κ2) is 9.08. The molecule has 0 spiro atoms. The fourth-order valence-electron chi connectivity index (χ4n) is 7.51. The second-order valence-electron chi connectivity index (χ2n) is 11.0. The first-order valence-electron chi connectivity index (χ1n) is 12.9. The number of fused-ring (bicyclic) bond motifs is 5. The number of Topliss-reactive ketones (excluding diaryl/α,β-unsaturated/α-hetero) is 2. The normalized spacial score (nSPS) is 30.4. The van der Waals surface area contributed by atoms with Crippen LogP contribution in [0.2, 0.25) is 0 Å². The topological polar surface area (TPSA) is 54.4 Å². The summed E-state index contributed by atoms with van der Waals surface area (Å²) in [6.07, 6.45) is 8.83. The Labute approximate surface area is 197 Å². The van der Waals surface area contributed by atoms with Gasteiger partial charge in [-0.2, -0.15) is 0 Å². The summed E-state index contributed by atoms with van der Waals surface area (Å²) in [5.41, 5.74) is 3.74. The van der Waals surface area contributed by atoms with Crippen molar-refractivity contribution in [2.24, 2.45) is 23.2 Å². The first-order chi connectivity index (χ1) is 16.0. The van der Waals surface area contributed by atoms with E-state index in [4.69, 9.17) is 0 Å². The number of benzene rings is 2. The molecule has 0 aliphatic heterocycles. The lowest BCUT2D eigenvalue weighted by Crippen LogP contribution is -2.44. The van der Waals surface area contributed by atoms with E-state index in [1.165, 1.54) is 16.7 Å². The standard InChI is InChI=1S/C30H36O3/c1-30-17-16-26-25-15-13-24(32)18-21(25)11-14-27(26)29(30)22(19-28(30)33)8-5-9-23(31)12-10-20-6-3-2-4-7-20/h2-4,6-7,13,15,18,22,26-27,29,32H,5,8-12,14,16-17,19H2,1H3/t22-,26+,27+,29-,30+/m0/s1. The Morgan fingerprint density at radius 3 is 2.73 bits per heavy atom. The van der Waals surface area contributed by atoms with Crippen LogP contribution in [0.3, 0.4) is 0 Å². The lowest BCUT2D eigenvalue weighted by molar-refractivity contribution is -0.129. The molecule has 5 atom stereocenters. The van der Waals surface area contributed by atoms with Gasteiger partial charge in [-0.25, -0.2) is 0 Å². The number of carbonyl (C=O) groups excluding carboxylic acids is 2. The van der Waals surface area contributed by atoms with Crippen LogP contribution in [0.15, 0.2) is 48.5 Å².